The SMILES string of the molecule is CC(F)(F)C(=O)N[C@H]1CC(=O)N(c2cc3cnn(-c4ccc(F)cc4)c3cn2)C1c1ccccc1. The van der Waals surface area contributed by atoms with Crippen molar-refractivity contribution in [3.63, 3.8) is 0 Å². The van der Waals surface area contributed by atoms with Gasteiger partial charge in [0.1, 0.15) is 11.6 Å². The number of carbonyl (C=O) groups is 2. The van der Waals surface area contributed by atoms with E-state index in [0.29, 0.717) is 34.9 Å². The van der Waals surface area contributed by atoms with Crippen LogP contribution < -0.4 is 10.2 Å². The molecule has 10 heteroatoms. The van der Waals surface area contributed by atoms with Gasteiger partial charge in [0, 0.05) is 18.7 Å². The van der Waals surface area contributed by atoms with Crippen molar-refractivity contribution in [1.82, 2.24) is 20.1 Å². The van der Waals surface area contributed by atoms with Gasteiger partial charge in [0.15, 0.2) is 0 Å². The molecule has 3 heterocycles. The lowest BCUT2D eigenvalue weighted by Crippen LogP contribution is -2.46. The Hall–Kier alpha value is -4.21. The smallest absolute Gasteiger partial charge is 0.321 e. The lowest BCUT2D eigenvalue weighted by Gasteiger charge is -2.29. The number of halogens is 3. The van der Waals surface area contributed by atoms with E-state index >= 15 is 0 Å². The molecule has 1 saturated heterocycles. The van der Waals surface area contributed by atoms with Crippen LogP contribution >= 0.6 is 0 Å². The Balaban J connectivity index is 1.53. The number of aromatic nitrogens is 3. The van der Waals surface area contributed by atoms with E-state index in [1.165, 1.54) is 17.0 Å². The van der Waals surface area contributed by atoms with Gasteiger partial charge in [-0.25, -0.2) is 14.1 Å². The number of hydrogen-bond donors (Lipinski definition) is 1. The van der Waals surface area contributed by atoms with Gasteiger partial charge in [0.25, 0.3) is 5.91 Å². The largest absolute Gasteiger partial charge is 0.345 e. The van der Waals surface area contributed by atoms with Crippen LogP contribution in [-0.4, -0.2) is 38.5 Å². The molecule has 2 aromatic heterocycles. The van der Waals surface area contributed by atoms with E-state index in [-0.39, 0.29) is 18.1 Å². The maximum absolute atomic E-state index is 13.6. The van der Waals surface area contributed by atoms with Crippen LogP contribution in [0.25, 0.3) is 16.6 Å². The van der Waals surface area contributed by atoms with E-state index in [1.807, 2.05) is 0 Å². The van der Waals surface area contributed by atoms with Gasteiger partial charge in [0.05, 0.1) is 35.7 Å². The van der Waals surface area contributed by atoms with E-state index < -0.39 is 23.9 Å². The molecule has 2 atom stereocenters. The summed E-state index contributed by atoms with van der Waals surface area (Å²) >= 11 is 0. The zero-order chi connectivity index (χ0) is 24.7. The molecule has 1 unspecified atom stereocenters. The van der Waals surface area contributed by atoms with Crippen LogP contribution in [0.1, 0.15) is 24.9 Å². The quantitative estimate of drug-likeness (QED) is 0.466. The molecular formula is C25H20F3N5O2. The van der Waals surface area contributed by atoms with Crippen LogP contribution in [0, 0.1) is 5.82 Å². The van der Waals surface area contributed by atoms with Crippen molar-refractivity contribution >= 4 is 28.5 Å². The minimum atomic E-state index is -3.58. The molecule has 0 bridgehead atoms. The van der Waals surface area contributed by atoms with Crippen LogP contribution in [0.15, 0.2) is 73.1 Å². The molecule has 0 spiro atoms. The summed E-state index contributed by atoms with van der Waals surface area (Å²) in [5.74, 6) is -5.45. The third-order valence-corrected chi connectivity index (χ3v) is 5.94. The summed E-state index contributed by atoms with van der Waals surface area (Å²) in [6, 6.07) is 14.8. The van der Waals surface area contributed by atoms with Crippen molar-refractivity contribution in [2.45, 2.75) is 31.4 Å². The highest BCUT2D eigenvalue weighted by atomic mass is 19.3. The highest BCUT2D eigenvalue weighted by molar-refractivity contribution is 5.99. The van der Waals surface area contributed by atoms with Crippen molar-refractivity contribution < 1.29 is 22.8 Å². The van der Waals surface area contributed by atoms with Crippen molar-refractivity contribution in [3.8, 4) is 5.69 Å². The van der Waals surface area contributed by atoms with Gasteiger partial charge in [-0.3, -0.25) is 14.5 Å². The number of anilines is 1. The normalized spacial score (nSPS) is 18.3. The molecule has 35 heavy (non-hydrogen) atoms. The average molecular weight is 479 g/mol. The maximum atomic E-state index is 13.6. The number of benzene rings is 2. The van der Waals surface area contributed by atoms with Crippen LogP contribution in [0.5, 0.6) is 0 Å². The topological polar surface area (TPSA) is 80.1 Å². The predicted molar refractivity (Wildman–Crippen MR) is 123 cm³/mol. The Labute approximate surface area is 198 Å². The van der Waals surface area contributed by atoms with Gasteiger partial charge in [-0.1, -0.05) is 30.3 Å². The van der Waals surface area contributed by atoms with Crippen LogP contribution in [0.4, 0.5) is 19.0 Å². The highest BCUT2D eigenvalue weighted by Gasteiger charge is 2.45. The number of carbonyl (C=O) groups excluding carboxylic acids is 2. The number of hydrogen-bond acceptors (Lipinski definition) is 4. The summed E-state index contributed by atoms with van der Waals surface area (Å²) in [6.07, 6.45) is 2.98. The molecule has 1 aliphatic heterocycles. The second kappa shape index (κ2) is 8.53. The summed E-state index contributed by atoms with van der Waals surface area (Å²) in [5, 5.41) is 7.36. The standard InChI is InChI=1S/C25H20F3N5O2/c1-25(27,28)24(35)31-19-12-22(34)32(23(19)15-5-3-2-4-6-15)21-11-16-13-30-33(20(16)14-29-21)18-9-7-17(26)8-10-18/h2-11,13-14,19,23H,12H2,1H3,(H,31,35)/t19-,23?/m0/s1. The monoisotopic (exact) mass is 479 g/mol. The number of rotatable bonds is 5. The van der Waals surface area contributed by atoms with Gasteiger partial charge in [-0.2, -0.15) is 13.9 Å². The molecule has 178 valence electrons. The zero-order valence-corrected chi connectivity index (χ0v) is 18.5. The van der Waals surface area contributed by atoms with Crippen molar-refractivity contribution in [2.24, 2.45) is 0 Å². The number of fused-ring (bicyclic) bond motifs is 1. The molecule has 2 amide bonds. The summed E-state index contributed by atoms with van der Waals surface area (Å²) in [7, 11) is 0. The Morgan fingerprint density at radius 2 is 1.80 bits per heavy atom. The van der Waals surface area contributed by atoms with Crippen LogP contribution in [0.2, 0.25) is 0 Å². The van der Waals surface area contributed by atoms with Crippen LogP contribution in [-0.2, 0) is 9.59 Å². The second-order valence-corrected chi connectivity index (χ2v) is 8.43. The van der Waals surface area contributed by atoms with E-state index in [9.17, 15) is 22.8 Å². The summed E-state index contributed by atoms with van der Waals surface area (Å²) in [4.78, 5) is 31.0. The van der Waals surface area contributed by atoms with Crippen molar-refractivity contribution in [2.75, 3.05) is 4.90 Å². The fraction of sp³-hybridized carbons (Fsp3) is 0.200. The summed E-state index contributed by atoms with van der Waals surface area (Å²) < 4.78 is 42.1. The van der Waals surface area contributed by atoms with Gasteiger partial charge in [-0.15, -0.1) is 0 Å². The summed E-state index contributed by atoms with van der Waals surface area (Å²) in [5.41, 5.74) is 1.95. The molecule has 1 fully saturated rings. The lowest BCUT2D eigenvalue weighted by molar-refractivity contribution is -0.143. The molecule has 1 N–H and O–H groups in total. The predicted octanol–water partition coefficient (Wildman–Crippen LogP) is 4.18. The number of nitrogens with zero attached hydrogens (tertiary/aromatic N) is 4. The Morgan fingerprint density at radius 3 is 2.49 bits per heavy atom. The van der Waals surface area contributed by atoms with Crippen LogP contribution in [0.3, 0.4) is 0 Å². The third kappa shape index (κ3) is 4.23. The average Bonchev–Trinajstić information content (AvgIpc) is 3.39. The zero-order valence-electron chi connectivity index (χ0n) is 18.5. The van der Waals surface area contributed by atoms with Crippen molar-refractivity contribution in [3.05, 3.63) is 84.4 Å². The van der Waals surface area contributed by atoms with E-state index in [1.54, 1.807) is 65.6 Å². The molecule has 4 aromatic rings. The minimum absolute atomic E-state index is 0.157. The molecule has 0 radical (unpaired) electrons. The number of nitrogens with one attached hydrogen (secondary N) is 1. The second-order valence-electron chi connectivity index (χ2n) is 8.43. The number of pyridine rings is 1. The Morgan fingerprint density at radius 1 is 1.09 bits per heavy atom. The first-order chi connectivity index (χ1) is 16.7. The fourth-order valence-corrected chi connectivity index (χ4v) is 4.29. The maximum Gasteiger partial charge on any atom is 0.321 e. The first-order valence-corrected chi connectivity index (χ1v) is 10.9. The fourth-order valence-electron chi connectivity index (χ4n) is 4.29. The first kappa shape index (κ1) is 22.6. The molecule has 0 saturated carbocycles. The molecule has 5 rings (SSSR count). The Bertz CT molecular complexity index is 1400. The molecular weight excluding hydrogens is 459 g/mol. The molecule has 0 aliphatic carbocycles. The molecule has 7 nitrogen and oxygen atoms in total. The highest BCUT2D eigenvalue weighted by Crippen LogP contribution is 2.38. The first-order valence-electron chi connectivity index (χ1n) is 10.9. The minimum Gasteiger partial charge on any atom is -0.345 e. The summed E-state index contributed by atoms with van der Waals surface area (Å²) in [6.45, 7) is 0.517. The number of alkyl halides is 2. The molecule has 2 aromatic carbocycles. The lowest BCUT2D eigenvalue weighted by atomic mass is 9.99. The van der Waals surface area contributed by atoms with E-state index in [4.69, 9.17) is 0 Å². The van der Waals surface area contributed by atoms with Gasteiger partial charge >= 0.3 is 5.92 Å². The van der Waals surface area contributed by atoms with Gasteiger partial charge in [0.2, 0.25) is 5.91 Å². The van der Waals surface area contributed by atoms with Gasteiger partial charge < -0.3 is 5.32 Å². The van der Waals surface area contributed by atoms with E-state index in [2.05, 4.69) is 15.4 Å². The number of amides is 2. The molecule has 1 aliphatic rings. The third-order valence-electron chi connectivity index (χ3n) is 5.94. The van der Waals surface area contributed by atoms with E-state index in [0.717, 1.165) is 0 Å². The van der Waals surface area contributed by atoms with Gasteiger partial charge in [-0.05, 0) is 35.9 Å². The Kier molecular flexibility index (Phi) is 5.50. The van der Waals surface area contributed by atoms with Crippen molar-refractivity contribution in [1.29, 1.82) is 0 Å².